The third-order valence-corrected chi connectivity index (χ3v) is 4.52. The van der Waals surface area contributed by atoms with Crippen LogP contribution in [0, 0.1) is 11.8 Å². The molecule has 1 heterocycles. The van der Waals surface area contributed by atoms with Crippen molar-refractivity contribution in [3.8, 4) is 11.5 Å². The minimum Gasteiger partial charge on any atom is -0.508 e. The van der Waals surface area contributed by atoms with Crippen LogP contribution in [0.1, 0.15) is 23.2 Å². The van der Waals surface area contributed by atoms with Gasteiger partial charge in [-0.15, -0.1) is 0 Å². The van der Waals surface area contributed by atoms with E-state index in [9.17, 15) is 24.6 Å². The molecule has 0 bridgehead atoms. The number of ketones is 1. The third kappa shape index (κ3) is 1.70. The number of carboxylic acids is 1. The van der Waals surface area contributed by atoms with E-state index in [0.29, 0.717) is 12.7 Å². The molecule has 1 saturated carbocycles. The highest BCUT2D eigenvalue weighted by Gasteiger charge is 2.64. The highest BCUT2D eigenvalue weighted by Crippen LogP contribution is 2.53. The molecular weight excluding hydrogens is 288 g/mol. The Kier molecular flexibility index (Phi) is 3.05. The van der Waals surface area contributed by atoms with Gasteiger partial charge in [0.05, 0.1) is 5.56 Å². The number of hydrogen-bond donors (Lipinski definition) is 2. The fourth-order valence-corrected chi connectivity index (χ4v) is 3.54. The lowest BCUT2D eigenvalue weighted by molar-refractivity contribution is -0.146. The molecule has 1 spiro atoms. The molecule has 1 fully saturated rings. The first kappa shape index (κ1) is 14.3. The molecule has 3 rings (SSSR count). The largest absolute Gasteiger partial charge is 0.508 e. The molecule has 2 aliphatic rings. The van der Waals surface area contributed by atoms with Gasteiger partial charge in [0, 0.05) is 5.92 Å². The lowest BCUT2D eigenvalue weighted by Crippen LogP contribution is -2.52. The Morgan fingerprint density at radius 1 is 1.36 bits per heavy atom. The van der Waals surface area contributed by atoms with Crippen molar-refractivity contribution in [3.63, 3.8) is 0 Å². The van der Waals surface area contributed by atoms with Crippen LogP contribution in [0.2, 0.25) is 0 Å². The van der Waals surface area contributed by atoms with E-state index < -0.39 is 29.2 Å². The van der Waals surface area contributed by atoms with Crippen LogP contribution in [-0.4, -0.2) is 33.9 Å². The summed E-state index contributed by atoms with van der Waals surface area (Å²) in [5.41, 5.74) is -1.37. The highest BCUT2D eigenvalue weighted by atomic mass is 16.5. The number of Topliss-reactive ketones (excluding diaryl/α,β-unsaturated/α-hetero) is 1. The summed E-state index contributed by atoms with van der Waals surface area (Å²) in [6.45, 7) is 3.64. The third-order valence-electron chi connectivity index (χ3n) is 4.52. The predicted molar refractivity (Wildman–Crippen MR) is 74.9 cm³/mol. The molecule has 1 aliphatic carbocycles. The number of aliphatic carboxylic acids is 1. The van der Waals surface area contributed by atoms with E-state index in [0.717, 1.165) is 0 Å². The Morgan fingerprint density at radius 2 is 2.05 bits per heavy atom. The number of aromatic hydroxyl groups is 1. The zero-order chi connectivity index (χ0) is 16.1. The summed E-state index contributed by atoms with van der Waals surface area (Å²) in [7, 11) is 0. The van der Waals surface area contributed by atoms with Gasteiger partial charge in [-0.1, -0.05) is 6.58 Å². The molecule has 114 valence electrons. The molecular formula is C16H14O6. The Balaban J connectivity index is 2.16. The molecule has 0 aromatic heterocycles. The summed E-state index contributed by atoms with van der Waals surface area (Å²) in [5.74, 6) is -3.30. The molecule has 3 atom stereocenters. The van der Waals surface area contributed by atoms with Gasteiger partial charge in [0.2, 0.25) is 5.78 Å². The second-order valence-corrected chi connectivity index (χ2v) is 5.62. The number of hydrogen-bond acceptors (Lipinski definition) is 5. The van der Waals surface area contributed by atoms with Gasteiger partial charge in [0.25, 0.3) is 0 Å². The van der Waals surface area contributed by atoms with Crippen LogP contribution in [0.25, 0.3) is 0 Å². The highest BCUT2D eigenvalue weighted by molar-refractivity contribution is 6.11. The Bertz CT molecular complexity index is 707. The second-order valence-electron chi connectivity index (χ2n) is 5.62. The summed E-state index contributed by atoms with van der Waals surface area (Å²) in [6.07, 6.45) is 1.09. The summed E-state index contributed by atoms with van der Waals surface area (Å²) in [4.78, 5) is 35.5. The van der Waals surface area contributed by atoms with Gasteiger partial charge in [-0.3, -0.25) is 14.4 Å². The Morgan fingerprint density at radius 3 is 2.68 bits per heavy atom. The van der Waals surface area contributed by atoms with Crippen molar-refractivity contribution in [2.24, 2.45) is 11.8 Å². The molecule has 0 amide bonds. The number of carboxylic acid groups (broad SMARTS) is 1. The van der Waals surface area contributed by atoms with E-state index in [1.807, 2.05) is 0 Å². The zero-order valence-electron chi connectivity index (χ0n) is 11.6. The predicted octanol–water partition coefficient (Wildman–Crippen LogP) is 1.57. The number of aldehydes is 1. The number of fused-ring (bicyclic) bond motifs is 1. The van der Waals surface area contributed by atoms with Crippen molar-refractivity contribution in [2.75, 3.05) is 0 Å². The van der Waals surface area contributed by atoms with Crippen LogP contribution in [0.4, 0.5) is 0 Å². The van der Waals surface area contributed by atoms with E-state index in [4.69, 9.17) is 4.74 Å². The van der Waals surface area contributed by atoms with Gasteiger partial charge < -0.3 is 14.9 Å². The summed E-state index contributed by atoms with van der Waals surface area (Å²) < 4.78 is 5.77. The maximum atomic E-state index is 12.9. The fraction of sp³-hybridized carbons (Fsp3) is 0.312. The van der Waals surface area contributed by atoms with Crippen molar-refractivity contribution >= 4 is 18.0 Å². The van der Waals surface area contributed by atoms with E-state index >= 15 is 0 Å². The van der Waals surface area contributed by atoms with Crippen molar-refractivity contribution in [3.05, 3.63) is 35.9 Å². The minimum absolute atomic E-state index is 0.108. The number of phenols is 1. The van der Waals surface area contributed by atoms with E-state index in [1.54, 1.807) is 0 Å². The van der Waals surface area contributed by atoms with Crippen molar-refractivity contribution in [1.82, 2.24) is 0 Å². The molecule has 1 aliphatic heterocycles. The summed E-state index contributed by atoms with van der Waals surface area (Å²) in [6, 6.07) is 4.04. The summed E-state index contributed by atoms with van der Waals surface area (Å²) >= 11 is 0. The molecule has 1 aromatic rings. The van der Waals surface area contributed by atoms with Gasteiger partial charge in [-0.05, 0) is 36.6 Å². The molecule has 0 radical (unpaired) electrons. The molecule has 0 saturated heterocycles. The van der Waals surface area contributed by atoms with Gasteiger partial charge in [0.1, 0.15) is 23.7 Å². The Hall–Kier alpha value is -2.63. The van der Waals surface area contributed by atoms with Crippen LogP contribution < -0.4 is 4.74 Å². The Labute approximate surface area is 126 Å². The number of rotatable bonds is 3. The number of benzene rings is 1. The molecule has 1 aromatic carbocycles. The molecule has 3 unspecified atom stereocenters. The first-order chi connectivity index (χ1) is 10.4. The maximum Gasteiger partial charge on any atom is 0.311 e. The van der Waals surface area contributed by atoms with Crippen molar-refractivity contribution < 1.29 is 29.3 Å². The fourth-order valence-electron chi connectivity index (χ4n) is 3.54. The second kappa shape index (κ2) is 4.69. The smallest absolute Gasteiger partial charge is 0.311 e. The van der Waals surface area contributed by atoms with Gasteiger partial charge in [0.15, 0.2) is 5.60 Å². The lowest BCUT2D eigenvalue weighted by Gasteiger charge is -2.32. The molecule has 22 heavy (non-hydrogen) atoms. The van der Waals surface area contributed by atoms with E-state index in [1.165, 1.54) is 18.2 Å². The van der Waals surface area contributed by atoms with Crippen molar-refractivity contribution in [1.29, 1.82) is 0 Å². The molecule has 6 heteroatoms. The number of carbonyl (C=O) groups is 3. The topological polar surface area (TPSA) is 101 Å². The normalized spacial score (nSPS) is 29.2. The van der Waals surface area contributed by atoms with Gasteiger partial charge >= 0.3 is 5.97 Å². The quantitative estimate of drug-likeness (QED) is 0.649. The first-order valence-corrected chi connectivity index (χ1v) is 6.85. The lowest BCUT2D eigenvalue weighted by atomic mass is 9.77. The van der Waals surface area contributed by atoms with Crippen molar-refractivity contribution in [2.45, 2.75) is 18.4 Å². The number of ether oxygens (including phenoxy) is 1. The maximum absolute atomic E-state index is 12.9. The van der Waals surface area contributed by atoms with Crippen LogP contribution in [0.15, 0.2) is 30.4 Å². The van der Waals surface area contributed by atoms with Crippen LogP contribution in [0.5, 0.6) is 11.5 Å². The number of carbonyl (C=O) groups excluding carboxylic acids is 2. The minimum atomic E-state index is -1.65. The molecule has 6 nitrogen and oxygen atoms in total. The van der Waals surface area contributed by atoms with E-state index in [2.05, 4.69) is 6.58 Å². The van der Waals surface area contributed by atoms with Crippen LogP contribution in [-0.2, 0) is 9.59 Å². The van der Waals surface area contributed by atoms with Gasteiger partial charge in [-0.25, -0.2) is 0 Å². The first-order valence-electron chi connectivity index (χ1n) is 6.85. The average Bonchev–Trinajstić information content (AvgIpc) is 2.99. The van der Waals surface area contributed by atoms with Crippen LogP contribution >= 0.6 is 0 Å². The monoisotopic (exact) mass is 302 g/mol. The van der Waals surface area contributed by atoms with Gasteiger partial charge in [-0.2, -0.15) is 0 Å². The van der Waals surface area contributed by atoms with E-state index in [-0.39, 0.29) is 29.1 Å². The SMILES string of the molecule is C=C(C=O)C1CCC(C(=O)O)C12Oc1ccc(O)cc1C2=O. The standard InChI is InChI=1S/C16H14O6/c1-8(7-17)11-3-4-12(15(20)21)16(11)14(19)10-6-9(18)2-5-13(10)22-16/h2,5-7,11-12,18H,1,3-4H2,(H,20,21). The zero-order valence-corrected chi connectivity index (χ0v) is 11.6. The average molecular weight is 302 g/mol. The summed E-state index contributed by atoms with van der Waals surface area (Å²) in [5, 5.41) is 19.0. The molecule has 2 N–H and O–H groups in total. The van der Waals surface area contributed by atoms with Crippen LogP contribution in [0.3, 0.4) is 0 Å². The number of phenolic OH excluding ortho intramolecular Hbond substituents is 1.